The van der Waals surface area contributed by atoms with Crippen LogP contribution >= 0.6 is 0 Å². The molecule has 2 aliphatic heterocycles. The van der Waals surface area contributed by atoms with Crippen molar-refractivity contribution >= 4 is 10.0 Å². The van der Waals surface area contributed by atoms with Crippen molar-refractivity contribution in [2.24, 2.45) is 0 Å². The molecule has 2 atom stereocenters. The number of rotatable bonds is 7. The number of hydrogen-bond donors (Lipinski definition) is 1. The molecule has 0 aromatic rings. The van der Waals surface area contributed by atoms with E-state index in [2.05, 4.69) is 12.2 Å². The Morgan fingerprint density at radius 2 is 1.74 bits per heavy atom. The number of nitrogens with zero attached hydrogens (tertiary/aromatic N) is 1. The van der Waals surface area contributed by atoms with Crippen molar-refractivity contribution in [3.05, 3.63) is 0 Å². The van der Waals surface area contributed by atoms with Crippen molar-refractivity contribution in [2.75, 3.05) is 12.3 Å². The fourth-order valence-corrected chi connectivity index (χ4v) is 5.45. The molecule has 2 fully saturated rings. The molecule has 0 aromatic heterocycles. The van der Waals surface area contributed by atoms with Crippen LogP contribution in [0.3, 0.4) is 0 Å². The lowest BCUT2D eigenvalue weighted by molar-refractivity contribution is 0.226. The average molecular weight is 288 g/mol. The van der Waals surface area contributed by atoms with Gasteiger partial charge in [0.2, 0.25) is 10.0 Å². The van der Waals surface area contributed by atoms with Crippen molar-refractivity contribution in [1.82, 2.24) is 9.62 Å². The van der Waals surface area contributed by atoms with E-state index >= 15 is 0 Å². The van der Waals surface area contributed by atoms with Gasteiger partial charge in [-0.15, -0.1) is 0 Å². The lowest BCUT2D eigenvalue weighted by Gasteiger charge is -2.37. The Kier molecular flexibility index (Phi) is 5.26. The first-order chi connectivity index (χ1) is 9.06. The van der Waals surface area contributed by atoms with Crippen LogP contribution in [0.2, 0.25) is 0 Å². The second kappa shape index (κ2) is 6.55. The second-order valence-electron chi connectivity index (χ2n) is 6.04. The summed E-state index contributed by atoms with van der Waals surface area (Å²) in [6.07, 6.45) is 7.07. The third-order valence-corrected chi connectivity index (χ3v) is 6.41. The van der Waals surface area contributed by atoms with Crippen molar-refractivity contribution in [3.63, 3.8) is 0 Å². The van der Waals surface area contributed by atoms with Crippen LogP contribution in [-0.2, 0) is 10.0 Å². The monoisotopic (exact) mass is 288 g/mol. The molecule has 0 spiro atoms. The van der Waals surface area contributed by atoms with E-state index in [-0.39, 0.29) is 6.04 Å². The minimum Gasteiger partial charge on any atom is -0.311 e. The fourth-order valence-electron chi connectivity index (χ4n) is 3.48. The molecule has 19 heavy (non-hydrogen) atoms. The first kappa shape index (κ1) is 15.3. The molecule has 0 aromatic carbocycles. The fraction of sp³-hybridized carbons (Fsp3) is 1.00. The highest BCUT2D eigenvalue weighted by molar-refractivity contribution is 7.89. The molecule has 4 nitrogen and oxygen atoms in total. The summed E-state index contributed by atoms with van der Waals surface area (Å²) in [6.45, 7) is 4.80. The Morgan fingerprint density at radius 3 is 2.26 bits per heavy atom. The van der Waals surface area contributed by atoms with Gasteiger partial charge in [-0.3, -0.25) is 0 Å². The predicted octanol–water partition coefficient (Wildman–Crippen LogP) is 2.11. The van der Waals surface area contributed by atoms with Crippen molar-refractivity contribution in [3.8, 4) is 0 Å². The number of unbranched alkanes of at least 4 members (excludes halogenated alkanes) is 1. The summed E-state index contributed by atoms with van der Waals surface area (Å²) in [6, 6.07) is 1.33. The van der Waals surface area contributed by atoms with Gasteiger partial charge in [0, 0.05) is 24.7 Å². The molecule has 5 heteroatoms. The SMILES string of the molecule is CCCCS(=O)(=O)N(CCC)C1CC2CCC(C1)N2. The number of piperidine rings is 1. The zero-order valence-corrected chi connectivity index (χ0v) is 13.1. The van der Waals surface area contributed by atoms with E-state index in [0.29, 0.717) is 24.4 Å². The van der Waals surface area contributed by atoms with E-state index in [9.17, 15) is 8.42 Å². The van der Waals surface area contributed by atoms with E-state index in [1.54, 1.807) is 0 Å². The summed E-state index contributed by atoms with van der Waals surface area (Å²) in [7, 11) is -3.06. The van der Waals surface area contributed by atoms with Gasteiger partial charge in [0.1, 0.15) is 0 Å². The minimum atomic E-state index is -3.06. The van der Waals surface area contributed by atoms with Crippen LogP contribution in [0.15, 0.2) is 0 Å². The van der Waals surface area contributed by atoms with Crippen molar-refractivity contribution < 1.29 is 8.42 Å². The van der Waals surface area contributed by atoms with Crippen molar-refractivity contribution in [1.29, 1.82) is 0 Å². The molecular weight excluding hydrogens is 260 g/mol. The van der Waals surface area contributed by atoms with Crippen LogP contribution in [-0.4, -0.2) is 43.1 Å². The highest BCUT2D eigenvalue weighted by Gasteiger charge is 2.39. The molecule has 2 bridgehead atoms. The maximum absolute atomic E-state index is 12.5. The maximum atomic E-state index is 12.5. The zero-order valence-electron chi connectivity index (χ0n) is 12.3. The minimum absolute atomic E-state index is 0.237. The third-order valence-electron chi connectivity index (χ3n) is 4.41. The largest absolute Gasteiger partial charge is 0.311 e. The lowest BCUT2D eigenvalue weighted by atomic mass is 10.00. The molecule has 112 valence electrons. The normalized spacial score (nSPS) is 31.0. The van der Waals surface area contributed by atoms with E-state index in [4.69, 9.17) is 0 Å². The van der Waals surface area contributed by atoms with Gasteiger partial charge in [-0.25, -0.2) is 8.42 Å². The van der Waals surface area contributed by atoms with Crippen LogP contribution in [0.5, 0.6) is 0 Å². The Bertz CT molecular complexity index is 371. The van der Waals surface area contributed by atoms with Gasteiger partial charge in [0.15, 0.2) is 0 Å². The number of hydrogen-bond acceptors (Lipinski definition) is 3. The van der Waals surface area contributed by atoms with Crippen LogP contribution in [0.4, 0.5) is 0 Å². The van der Waals surface area contributed by atoms with Crippen LogP contribution < -0.4 is 5.32 Å². The predicted molar refractivity (Wildman–Crippen MR) is 78.7 cm³/mol. The highest BCUT2D eigenvalue weighted by Crippen LogP contribution is 2.31. The third kappa shape index (κ3) is 3.70. The van der Waals surface area contributed by atoms with Crippen LogP contribution in [0.25, 0.3) is 0 Å². The van der Waals surface area contributed by atoms with Gasteiger partial charge in [-0.1, -0.05) is 20.3 Å². The Hall–Kier alpha value is -0.130. The molecule has 0 saturated carbocycles. The van der Waals surface area contributed by atoms with Crippen LogP contribution in [0.1, 0.15) is 58.8 Å². The van der Waals surface area contributed by atoms with Gasteiger partial charge < -0.3 is 5.32 Å². The summed E-state index contributed by atoms with van der Waals surface area (Å²) < 4.78 is 26.9. The average Bonchev–Trinajstić information content (AvgIpc) is 2.72. The van der Waals surface area contributed by atoms with E-state index in [1.807, 2.05) is 11.2 Å². The molecule has 2 heterocycles. The van der Waals surface area contributed by atoms with Gasteiger partial charge >= 0.3 is 0 Å². The molecule has 2 unspecified atom stereocenters. The Morgan fingerprint density at radius 1 is 1.11 bits per heavy atom. The van der Waals surface area contributed by atoms with Crippen molar-refractivity contribution in [2.45, 2.75) is 76.9 Å². The maximum Gasteiger partial charge on any atom is 0.214 e. The first-order valence-electron chi connectivity index (χ1n) is 7.82. The summed E-state index contributed by atoms with van der Waals surface area (Å²) in [4.78, 5) is 0. The van der Waals surface area contributed by atoms with Gasteiger partial charge in [0.25, 0.3) is 0 Å². The quantitative estimate of drug-likeness (QED) is 0.780. The first-order valence-corrected chi connectivity index (χ1v) is 9.43. The summed E-state index contributed by atoms with van der Waals surface area (Å²) in [5, 5.41) is 3.59. The summed E-state index contributed by atoms with van der Waals surface area (Å²) in [5.41, 5.74) is 0. The van der Waals surface area contributed by atoms with E-state index < -0.39 is 10.0 Å². The molecule has 0 amide bonds. The lowest BCUT2D eigenvalue weighted by Crippen LogP contribution is -2.50. The van der Waals surface area contributed by atoms with E-state index in [0.717, 1.165) is 32.1 Å². The molecule has 2 rings (SSSR count). The number of nitrogens with one attached hydrogen (secondary N) is 1. The molecule has 0 aliphatic carbocycles. The molecule has 0 radical (unpaired) electrons. The second-order valence-corrected chi connectivity index (χ2v) is 8.08. The van der Waals surface area contributed by atoms with E-state index in [1.165, 1.54) is 12.8 Å². The highest BCUT2D eigenvalue weighted by atomic mass is 32.2. The van der Waals surface area contributed by atoms with Gasteiger partial charge in [0.05, 0.1) is 5.75 Å². The molecular formula is C14H28N2O2S. The summed E-state index contributed by atoms with van der Waals surface area (Å²) >= 11 is 0. The Balaban J connectivity index is 2.06. The summed E-state index contributed by atoms with van der Waals surface area (Å²) in [5.74, 6) is 0.322. The van der Waals surface area contributed by atoms with Gasteiger partial charge in [-0.05, 0) is 38.5 Å². The zero-order chi connectivity index (χ0) is 13.9. The topological polar surface area (TPSA) is 49.4 Å². The Labute approximate surface area is 118 Å². The molecule has 2 aliphatic rings. The smallest absolute Gasteiger partial charge is 0.214 e. The standard InChI is InChI=1S/C14H28N2O2S/c1-3-5-9-19(17,18)16(8-4-2)14-10-12-6-7-13(11-14)15-12/h12-15H,3-11H2,1-2H3. The molecule has 1 N–H and O–H groups in total. The number of fused-ring (bicyclic) bond motifs is 2. The molecule has 2 saturated heterocycles. The van der Waals surface area contributed by atoms with Gasteiger partial charge in [-0.2, -0.15) is 4.31 Å². The van der Waals surface area contributed by atoms with Crippen LogP contribution in [0, 0.1) is 0 Å². The number of sulfonamides is 1.